The van der Waals surface area contributed by atoms with E-state index in [4.69, 9.17) is 4.98 Å². The zero-order valence-electron chi connectivity index (χ0n) is 13.4. The van der Waals surface area contributed by atoms with Crippen LogP contribution >= 0.6 is 15.9 Å². The first-order valence-electron chi connectivity index (χ1n) is 7.88. The fourth-order valence-corrected chi connectivity index (χ4v) is 3.24. The Labute approximate surface area is 137 Å². The Morgan fingerprint density at radius 3 is 3.00 bits per heavy atom. The highest BCUT2D eigenvalue weighted by molar-refractivity contribution is 9.10. The molecule has 21 heavy (non-hydrogen) atoms. The van der Waals surface area contributed by atoms with Crippen molar-refractivity contribution in [2.75, 3.05) is 38.6 Å². The Balaban J connectivity index is 2.13. The lowest BCUT2D eigenvalue weighted by Gasteiger charge is -2.37. The molecule has 0 aliphatic carbocycles. The van der Waals surface area contributed by atoms with E-state index in [9.17, 15) is 0 Å². The lowest BCUT2D eigenvalue weighted by molar-refractivity contribution is 0.257. The molecule has 1 saturated heterocycles. The van der Waals surface area contributed by atoms with Crippen molar-refractivity contribution >= 4 is 21.7 Å². The number of halogens is 1. The van der Waals surface area contributed by atoms with Crippen LogP contribution in [0.2, 0.25) is 0 Å². The van der Waals surface area contributed by atoms with Gasteiger partial charge >= 0.3 is 0 Å². The summed E-state index contributed by atoms with van der Waals surface area (Å²) in [5.41, 5.74) is 1.29. The second-order valence-electron chi connectivity index (χ2n) is 6.02. The van der Waals surface area contributed by atoms with Gasteiger partial charge in [-0.05, 0) is 61.9 Å². The molecule has 1 fully saturated rings. The predicted octanol–water partition coefficient (Wildman–Crippen LogP) is 2.87. The summed E-state index contributed by atoms with van der Waals surface area (Å²) >= 11 is 3.55. The summed E-state index contributed by atoms with van der Waals surface area (Å²) in [5, 5.41) is 3.49. The molecule has 2 heterocycles. The van der Waals surface area contributed by atoms with Gasteiger partial charge < -0.3 is 15.1 Å². The van der Waals surface area contributed by atoms with Gasteiger partial charge in [0.05, 0.1) is 0 Å². The molecular formula is C16H27BrN4. The highest BCUT2D eigenvalue weighted by Gasteiger charge is 2.23. The first kappa shape index (κ1) is 16.7. The maximum absolute atomic E-state index is 4.69. The molecule has 1 unspecified atom stereocenters. The Kier molecular flexibility index (Phi) is 6.45. The number of aromatic nitrogens is 1. The lowest BCUT2D eigenvalue weighted by Crippen LogP contribution is -2.45. The van der Waals surface area contributed by atoms with E-state index in [1.807, 2.05) is 6.20 Å². The minimum atomic E-state index is 0.626. The monoisotopic (exact) mass is 354 g/mol. The van der Waals surface area contributed by atoms with Gasteiger partial charge in [0.2, 0.25) is 0 Å². The van der Waals surface area contributed by atoms with Gasteiger partial charge in [0.15, 0.2) is 0 Å². The number of likely N-dealkylation sites (N-methyl/N-ethyl adjacent to an activating group) is 1. The van der Waals surface area contributed by atoms with E-state index in [0.29, 0.717) is 6.04 Å². The normalized spacial score (nSPS) is 19.3. The van der Waals surface area contributed by atoms with Crippen LogP contribution in [0.25, 0.3) is 0 Å². The van der Waals surface area contributed by atoms with Crippen molar-refractivity contribution in [3.63, 3.8) is 0 Å². The van der Waals surface area contributed by atoms with E-state index >= 15 is 0 Å². The summed E-state index contributed by atoms with van der Waals surface area (Å²) in [6.45, 7) is 6.31. The van der Waals surface area contributed by atoms with Crippen LogP contribution in [0.15, 0.2) is 16.7 Å². The Morgan fingerprint density at radius 1 is 1.48 bits per heavy atom. The first-order chi connectivity index (χ1) is 10.1. The summed E-state index contributed by atoms with van der Waals surface area (Å²) in [6, 6.07) is 2.82. The van der Waals surface area contributed by atoms with Crippen LogP contribution in [0.4, 0.5) is 5.82 Å². The number of nitrogens with zero attached hydrogens (tertiary/aromatic N) is 3. The first-order valence-corrected chi connectivity index (χ1v) is 8.67. The van der Waals surface area contributed by atoms with Crippen molar-refractivity contribution in [3.05, 3.63) is 22.3 Å². The quantitative estimate of drug-likeness (QED) is 0.796. The molecular weight excluding hydrogens is 328 g/mol. The molecule has 0 bridgehead atoms. The van der Waals surface area contributed by atoms with E-state index in [1.54, 1.807) is 0 Å². The molecule has 1 atom stereocenters. The van der Waals surface area contributed by atoms with Crippen molar-refractivity contribution in [3.8, 4) is 0 Å². The average molecular weight is 355 g/mol. The lowest BCUT2D eigenvalue weighted by atomic mass is 10.0. The minimum absolute atomic E-state index is 0.626. The van der Waals surface area contributed by atoms with Gasteiger partial charge in [0.1, 0.15) is 5.82 Å². The zero-order chi connectivity index (χ0) is 15.2. The number of pyridine rings is 1. The number of anilines is 1. The maximum atomic E-state index is 4.69. The van der Waals surface area contributed by atoms with E-state index in [0.717, 1.165) is 42.9 Å². The Morgan fingerprint density at radius 2 is 2.29 bits per heavy atom. The van der Waals surface area contributed by atoms with Crippen LogP contribution in [-0.4, -0.2) is 49.7 Å². The van der Waals surface area contributed by atoms with Crippen molar-refractivity contribution < 1.29 is 0 Å². The standard InChI is InChI=1S/C16H27BrN4/c1-4-7-18-10-13-9-14(17)11-19-16(13)21-8-5-6-15(12-21)20(2)3/h9,11,15,18H,4-8,10,12H2,1-3H3. The number of hydrogen-bond acceptors (Lipinski definition) is 4. The minimum Gasteiger partial charge on any atom is -0.355 e. The fraction of sp³-hybridized carbons (Fsp3) is 0.688. The fourth-order valence-electron chi connectivity index (χ4n) is 2.86. The Bertz CT molecular complexity index is 450. The van der Waals surface area contributed by atoms with E-state index < -0.39 is 0 Å². The van der Waals surface area contributed by atoms with Crippen LogP contribution in [-0.2, 0) is 6.54 Å². The van der Waals surface area contributed by atoms with Crippen LogP contribution in [0.3, 0.4) is 0 Å². The van der Waals surface area contributed by atoms with E-state index in [2.05, 4.69) is 58.1 Å². The summed E-state index contributed by atoms with van der Waals surface area (Å²) in [7, 11) is 4.35. The van der Waals surface area contributed by atoms with E-state index in [1.165, 1.54) is 18.4 Å². The second kappa shape index (κ2) is 8.11. The summed E-state index contributed by atoms with van der Waals surface area (Å²) in [5.74, 6) is 1.15. The highest BCUT2D eigenvalue weighted by Crippen LogP contribution is 2.25. The molecule has 5 heteroatoms. The molecule has 2 rings (SSSR count). The largest absolute Gasteiger partial charge is 0.355 e. The van der Waals surface area contributed by atoms with Crippen LogP contribution in [0.1, 0.15) is 31.7 Å². The van der Waals surface area contributed by atoms with Gasteiger partial charge in [-0.15, -0.1) is 0 Å². The molecule has 1 aromatic heterocycles. The van der Waals surface area contributed by atoms with Gasteiger partial charge in [-0.2, -0.15) is 0 Å². The highest BCUT2D eigenvalue weighted by atomic mass is 79.9. The molecule has 0 amide bonds. The number of rotatable bonds is 6. The third-order valence-corrected chi connectivity index (χ3v) is 4.51. The number of piperidine rings is 1. The molecule has 1 aliphatic rings. The molecule has 1 aliphatic heterocycles. The topological polar surface area (TPSA) is 31.4 Å². The molecule has 0 saturated carbocycles. The maximum Gasteiger partial charge on any atom is 0.133 e. The molecule has 4 nitrogen and oxygen atoms in total. The molecule has 0 spiro atoms. The van der Waals surface area contributed by atoms with Crippen LogP contribution in [0.5, 0.6) is 0 Å². The SMILES string of the molecule is CCCNCc1cc(Br)cnc1N1CCCC(N(C)C)C1. The van der Waals surface area contributed by atoms with Crippen molar-refractivity contribution in [2.24, 2.45) is 0 Å². The van der Waals surface area contributed by atoms with Crippen LogP contribution in [0, 0.1) is 0 Å². The van der Waals surface area contributed by atoms with Gasteiger partial charge in [0, 0.05) is 41.9 Å². The summed E-state index contributed by atoms with van der Waals surface area (Å²) in [4.78, 5) is 9.48. The Hall–Kier alpha value is -0.650. The third kappa shape index (κ3) is 4.66. The van der Waals surface area contributed by atoms with Crippen LogP contribution < -0.4 is 10.2 Å². The van der Waals surface area contributed by atoms with Gasteiger partial charge in [-0.25, -0.2) is 4.98 Å². The van der Waals surface area contributed by atoms with E-state index in [-0.39, 0.29) is 0 Å². The number of nitrogens with one attached hydrogen (secondary N) is 1. The average Bonchev–Trinajstić information content (AvgIpc) is 2.48. The van der Waals surface area contributed by atoms with Gasteiger partial charge in [-0.1, -0.05) is 6.92 Å². The zero-order valence-corrected chi connectivity index (χ0v) is 15.0. The van der Waals surface area contributed by atoms with Gasteiger partial charge in [-0.3, -0.25) is 0 Å². The molecule has 1 N–H and O–H groups in total. The summed E-state index contributed by atoms with van der Waals surface area (Å²) in [6.07, 6.45) is 5.59. The second-order valence-corrected chi connectivity index (χ2v) is 6.93. The predicted molar refractivity (Wildman–Crippen MR) is 92.9 cm³/mol. The third-order valence-electron chi connectivity index (χ3n) is 4.08. The van der Waals surface area contributed by atoms with Crippen molar-refractivity contribution in [1.29, 1.82) is 0 Å². The van der Waals surface area contributed by atoms with Gasteiger partial charge in [0.25, 0.3) is 0 Å². The summed E-state index contributed by atoms with van der Waals surface area (Å²) < 4.78 is 1.06. The van der Waals surface area contributed by atoms with Crippen molar-refractivity contribution in [2.45, 2.75) is 38.8 Å². The molecule has 0 aromatic carbocycles. The molecule has 0 radical (unpaired) electrons. The molecule has 118 valence electrons. The number of hydrogen-bond donors (Lipinski definition) is 1. The van der Waals surface area contributed by atoms with Crippen molar-refractivity contribution in [1.82, 2.24) is 15.2 Å². The molecule has 1 aromatic rings. The smallest absolute Gasteiger partial charge is 0.133 e.